The Morgan fingerprint density at radius 2 is 1.15 bits per heavy atom. The minimum Gasteiger partial charge on any atom is -0.480 e. The summed E-state index contributed by atoms with van der Waals surface area (Å²) in [7, 11) is -4.75. The van der Waals surface area contributed by atoms with Crippen molar-refractivity contribution in [3.05, 3.63) is 97.2 Å². The summed E-state index contributed by atoms with van der Waals surface area (Å²) in [6.45, 7) is 2.49. The van der Waals surface area contributed by atoms with E-state index < -0.39 is 63.8 Å². The molecule has 0 heterocycles. The Morgan fingerprint density at radius 3 is 1.79 bits per heavy atom. The van der Waals surface area contributed by atoms with Gasteiger partial charge in [-0.25, -0.2) is 4.57 Å². The number of allylic oxidation sites excluding steroid dienone is 14. The molecule has 0 radical (unpaired) electrons. The zero-order chi connectivity index (χ0) is 45.1. The Balaban J connectivity index is 4.55. The number of carbonyl (C=O) groups is 3. The second-order valence-corrected chi connectivity index (χ2v) is 16.1. The zero-order valence-corrected chi connectivity index (χ0v) is 38.0. The lowest BCUT2D eigenvalue weighted by Gasteiger charge is -2.20. The number of ether oxygens (including phenoxy) is 2. The fourth-order valence-corrected chi connectivity index (χ4v) is 6.16. The van der Waals surface area contributed by atoms with Gasteiger partial charge in [0.05, 0.1) is 19.3 Å². The standard InChI is InChI=1S/C48H78NO11P/c1-3-5-7-9-11-12-13-14-15-16-17-18-19-24-27-31-35-39-47(52)60-44(41-58-61(55,56)59-42-45(49)48(53)54)40-57-46(51)38-34-30-26-23-21-20-22-25-29-33-37-43(50)36-32-28-10-8-6-4-2/h6,8,11-12,14-15,20-21,25-26,28-30,32-33,37,43-45,50H,3-5,7,9-10,13,16-19,22-24,27,31,34-36,38-42,49H2,1-2H3,(H,53,54)(H,55,56)/b8-6-,12-11-,15-14-,21-20-,29-25-,30-26-,32-28-,37-33+/t43?,44-,45+/m1/s1. The third-order valence-electron chi connectivity index (χ3n) is 8.91. The van der Waals surface area contributed by atoms with Crippen LogP contribution in [0.4, 0.5) is 0 Å². The topological polar surface area (TPSA) is 192 Å². The molecule has 0 aliphatic rings. The molecule has 61 heavy (non-hydrogen) atoms. The average Bonchev–Trinajstić information content (AvgIpc) is 3.23. The van der Waals surface area contributed by atoms with Gasteiger partial charge in [-0.15, -0.1) is 0 Å². The Kier molecular flexibility index (Phi) is 39.2. The maximum Gasteiger partial charge on any atom is 0.472 e. The number of esters is 2. The maximum absolute atomic E-state index is 12.6. The second-order valence-electron chi connectivity index (χ2n) is 14.6. The molecule has 0 bridgehead atoms. The predicted molar refractivity (Wildman–Crippen MR) is 246 cm³/mol. The van der Waals surface area contributed by atoms with Crippen LogP contribution in [0.1, 0.15) is 149 Å². The molecule has 4 atom stereocenters. The third kappa shape index (κ3) is 41.5. The first kappa shape index (κ1) is 57.4. The van der Waals surface area contributed by atoms with Gasteiger partial charge in [0.25, 0.3) is 0 Å². The first-order chi connectivity index (χ1) is 29.5. The smallest absolute Gasteiger partial charge is 0.472 e. The lowest BCUT2D eigenvalue weighted by atomic mass is 10.1. The number of unbranched alkanes of at least 4 members (excludes halogenated alkanes) is 10. The summed E-state index contributed by atoms with van der Waals surface area (Å²) in [4.78, 5) is 46.0. The largest absolute Gasteiger partial charge is 0.480 e. The lowest BCUT2D eigenvalue weighted by Crippen LogP contribution is -2.34. The molecule has 0 aromatic rings. The van der Waals surface area contributed by atoms with Gasteiger partial charge in [-0.05, 0) is 77.0 Å². The first-order valence-corrected chi connectivity index (χ1v) is 23.9. The van der Waals surface area contributed by atoms with E-state index in [9.17, 15) is 28.9 Å². The van der Waals surface area contributed by atoms with Crippen molar-refractivity contribution in [2.45, 2.75) is 167 Å². The molecular formula is C48H78NO11P. The number of phosphoric ester groups is 1. The number of carboxylic acids is 1. The maximum atomic E-state index is 12.6. The number of nitrogens with two attached hydrogens (primary N) is 1. The molecule has 0 rings (SSSR count). The predicted octanol–water partition coefficient (Wildman–Crippen LogP) is 11.0. The van der Waals surface area contributed by atoms with Crippen molar-refractivity contribution in [3.63, 3.8) is 0 Å². The number of aliphatic carboxylic acids is 1. The minimum atomic E-state index is -4.75. The van der Waals surface area contributed by atoms with E-state index in [2.05, 4.69) is 54.8 Å². The highest BCUT2D eigenvalue weighted by atomic mass is 31.2. The van der Waals surface area contributed by atoms with Crippen LogP contribution in [0.15, 0.2) is 97.2 Å². The van der Waals surface area contributed by atoms with Crippen LogP contribution in [0.5, 0.6) is 0 Å². The van der Waals surface area contributed by atoms with Crippen molar-refractivity contribution in [1.82, 2.24) is 0 Å². The molecule has 0 amide bonds. The van der Waals surface area contributed by atoms with Crippen molar-refractivity contribution < 1.29 is 52.6 Å². The Hall–Kier alpha value is -3.64. The monoisotopic (exact) mass is 876 g/mol. The second kappa shape index (κ2) is 41.7. The van der Waals surface area contributed by atoms with Crippen LogP contribution in [0, 0.1) is 0 Å². The quantitative estimate of drug-likeness (QED) is 0.0150. The third-order valence-corrected chi connectivity index (χ3v) is 9.86. The summed E-state index contributed by atoms with van der Waals surface area (Å²) in [6.07, 6.45) is 49.4. The van der Waals surface area contributed by atoms with Crippen molar-refractivity contribution in [1.29, 1.82) is 0 Å². The zero-order valence-electron chi connectivity index (χ0n) is 37.1. The van der Waals surface area contributed by atoms with Gasteiger partial charge in [0.2, 0.25) is 0 Å². The Morgan fingerprint density at radius 1 is 0.607 bits per heavy atom. The molecule has 346 valence electrons. The average molecular weight is 876 g/mol. The molecule has 0 aromatic carbocycles. The van der Waals surface area contributed by atoms with Crippen LogP contribution in [0.2, 0.25) is 0 Å². The number of aliphatic hydroxyl groups is 1. The summed E-state index contributed by atoms with van der Waals surface area (Å²) in [6, 6.07) is -1.55. The number of phosphoric acid groups is 1. The molecule has 0 aliphatic heterocycles. The molecule has 0 fully saturated rings. The van der Waals surface area contributed by atoms with E-state index in [1.165, 1.54) is 25.7 Å². The number of carboxylic acid groups (broad SMARTS) is 1. The van der Waals surface area contributed by atoms with Gasteiger partial charge in [-0.1, -0.05) is 156 Å². The molecule has 0 spiro atoms. The van der Waals surface area contributed by atoms with Crippen molar-refractivity contribution >= 4 is 25.7 Å². The highest BCUT2D eigenvalue weighted by molar-refractivity contribution is 7.47. The first-order valence-electron chi connectivity index (χ1n) is 22.4. The summed E-state index contributed by atoms with van der Waals surface area (Å²) in [5, 5.41) is 18.9. The molecule has 0 saturated heterocycles. The van der Waals surface area contributed by atoms with Gasteiger partial charge < -0.3 is 30.3 Å². The summed E-state index contributed by atoms with van der Waals surface area (Å²) in [5.74, 6) is -2.54. The van der Waals surface area contributed by atoms with E-state index in [1.54, 1.807) is 6.08 Å². The van der Waals surface area contributed by atoms with E-state index in [0.29, 0.717) is 25.7 Å². The van der Waals surface area contributed by atoms with Crippen LogP contribution in [-0.2, 0) is 37.5 Å². The molecule has 0 saturated carbocycles. The van der Waals surface area contributed by atoms with E-state index in [4.69, 9.17) is 24.8 Å². The van der Waals surface area contributed by atoms with Gasteiger partial charge in [0, 0.05) is 12.8 Å². The van der Waals surface area contributed by atoms with Crippen molar-refractivity contribution in [3.8, 4) is 0 Å². The molecule has 0 aliphatic carbocycles. The molecule has 2 unspecified atom stereocenters. The number of hydrogen-bond acceptors (Lipinski definition) is 10. The highest BCUT2D eigenvalue weighted by Crippen LogP contribution is 2.43. The van der Waals surface area contributed by atoms with Crippen LogP contribution in [0.25, 0.3) is 0 Å². The molecule has 5 N–H and O–H groups in total. The minimum absolute atomic E-state index is 0.0661. The Bertz CT molecular complexity index is 1420. The van der Waals surface area contributed by atoms with Crippen LogP contribution in [0.3, 0.4) is 0 Å². The van der Waals surface area contributed by atoms with Gasteiger partial charge in [0.15, 0.2) is 6.10 Å². The number of carbonyl (C=O) groups excluding carboxylic acids is 2. The van der Waals surface area contributed by atoms with Crippen molar-refractivity contribution in [2.75, 3.05) is 19.8 Å². The molecule has 12 nitrogen and oxygen atoms in total. The van der Waals surface area contributed by atoms with Crippen LogP contribution in [-0.4, -0.2) is 71.1 Å². The van der Waals surface area contributed by atoms with Gasteiger partial charge >= 0.3 is 25.7 Å². The van der Waals surface area contributed by atoms with E-state index in [0.717, 1.165) is 70.6 Å². The Labute approximate surface area is 367 Å². The van der Waals surface area contributed by atoms with E-state index >= 15 is 0 Å². The van der Waals surface area contributed by atoms with Gasteiger partial charge in [-0.3, -0.25) is 23.4 Å². The van der Waals surface area contributed by atoms with Crippen LogP contribution < -0.4 is 5.73 Å². The normalized spacial score (nSPS) is 15.1. The fraction of sp³-hybridized carbons (Fsp3) is 0.604. The van der Waals surface area contributed by atoms with E-state index in [1.807, 2.05) is 54.7 Å². The van der Waals surface area contributed by atoms with Gasteiger partial charge in [0.1, 0.15) is 12.6 Å². The highest BCUT2D eigenvalue weighted by Gasteiger charge is 2.28. The number of aliphatic hydroxyl groups excluding tert-OH is 1. The number of rotatable bonds is 40. The molecule has 13 heteroatoms. The summed E-state index contributed by atoms with van der Waals surface area (Å²) >= 11 is 0. The van der Waals surface area contributed by atoms with Crippen molar-refractivity contribution in [2.24, 2.45) is 5.73 Å². The molecular weight excluding hydrogens is 797 g/mol. The molecule has 0 aromatic heterocycles. The van der Waals surface area contributed by atoms with Gasteiger partial charge in [-0.2, -0.15) is 0 Å². The summed E-state index contributed by atoms with van der Waals surface area (Å²) in [5.41, 5.74) is 5.33. The van der Waals surface area contributed by atoms with E-state index in [-0.39, 0.29) is 12.8 Å². The lowest BCUT2D eigenvalue weighted by molar-refractivity contribution is -0.161. The SMILES string of the molecule is CC/C=C\C/C=C\CC(O)/C=C/C=C\C/C=C\C/C=C\CCC(=O)OC[C@H](COP(=O)(O)OC[C@H](N)C(=O)O)OC(=O)CCCCCCCCC/C=C\C/C=C\CCCCC. The fourth-order valence-electron chi connectivity index (χ4n) is 5.38. The number of hydrogen-bond donors (Lipinski definition) is 4. The summed E-state index contributed by atoms with van der Waals surface area (Å²) < 4.78 is 32.6. The van der Waals surface area contributed by atoms with Crippen LogP contribution >= 0.6 is 7.82 Å².